The van der Waals surface area contributed by atoms with Crippen molar-refractivity contribution in [3.63, 3.8) is 0 Å². The third-order valence-electron chi connectivity index (χ3n) is 2.91. The number of halogens is 1. The largest absolute Gasteiger partial charge is 0.397 e. The van der Waals surface area contributed by atoms with Crippen LogP contribution in [-0.4, -0.2) is 21.8 Å². The molecule has 0 radical (unpaired) electrons. The van der Waals surface area contributed by atoms with E-state index in [1.54, 1.807) is 12.4 Å². The number of anilines is 2. The van der Waals surface area contributed by atoms with E-state index in [1.165, 1.54) is 0 Å². The van der Waals surface area contributed by atoms with E-state index in [2.05, 4.69) is 17.0 Å². The van der Waals surface area contributed by atoms with Gasteiger partial charge in [-0.25, -0.2) is 9.67 Å². The molecule has 0 unspecified atom stereocenters. The smallest absolute Gasteiger partial charge is 0.146 e. The zero-order valence-electron chi connectivity index (χ0n) is 11.2. The molecular formula is C13H18ClN5. The van der Waals surface area contributed by atoms with E-state index in [1.807, 2.05) is 28.8 Å². The van der Waals surface area contributed by atoms with E-state index in [4.69, 9.17) is 17.3 Å². The van der Waals surface area contributed by atoms with Gasteiger partial charge in [-0.05, 0) is 24.6 Å². The Morgan fingerprint density at radius 1 is 1.42 bits per heavy atom. The Labute approximate surface area is 118 Å². The minimum absolute atomic E-state index is 0.643. The van der Waals surface area contributed by atoms with Crippen LogP contribution in [0, 0.1) is 0 Å². The zero-order valence-corrected chi connectivity index (χ0v) is 11.9. The van der Waals surface area contributed by atoms with Crippen molar-refractivity contribution >= 4 is 23.0 Å². The Balaban J connectivity index is 2.18. The lowest BCUT2D eigenvalue weighted by molar-refractivity contribution is 0.566. The molecule has 1 aromatic heterocycles. The number of benzene rings is 1. The fourth-order valence-electron chi connectivity index (χ4n) is 1.95. The highest BCUT2D eigenvalue weighted by molar-refractivity contribution is 6.31. The first-order chi connectivity index (χ1) is 9.11. The lowest BCUT2D eigenvalue weighted by atomic mass is 10.2. The van der Waals surface area contributed by atoms with Crippen molar-refractivity contribution in [2.24, 2.45) is 0 Å². The van der Waals surface area contributed by atoms with Crippen LogP contribution < -0.4 is 10.6 Å². The molecular weight excluding hydrogens is 262 g/mol. The maximum atomic E-state index is 6.01. The van der Waals surface area contributed by atoms with E-state index >= 15 is 0 Å². The highest BCUT2D eigenvalue weighted by Gasteiger charge is 2.10. The van der Waals surface area contributed by atoms with E-state index < -0.39 is 0 Å². The molecule has 1 aromatic carbocycles. The molecule has 0 aliphatic rings. The van der Waals surface area contributed by atoms with Crippen LogP contribution >= 0.6 is 11.6 Å². The summed E-state index contributed by atoms with van der Waals surface area (Å²) in [7, 11) is 1.97. The van der Waals surface area contributed by atoms with E-state index in [0.717, 1.165) is 24.5 Å². The third kappa shape index (κ3) is 3.17. The molecule has 102 valence electrons. The third-order valence-corrected chi connectivity index (χ3v) is 3.15. The first-order valence-corrected chi connectivity index (χ1v) is 6.62. The molecule has 19 heavy (non-hydrogen) atoms. The first-order valence-electron chi connectivity index (χ1n) is 6.24. The van der Waals surface area contributed by atoms with Gasteiger partial charge in [-0.15, -0.1) is 0 Å². The lowest BCUT2D eigenvalue weighted by Crippen LogP contribution is -2.21. The van der Waals surface area contributed by atoms with Crippen LogP contribution in [0.1, 0.15) is 19.2 Å². The number of hydrogen-bond donors (Lipinski definition) is 1. The molecule has 0 saturated carbocycles. The second kappa shape index (κ2) is 5.93. The van der Waals surface area contributed by atoms with Crippen molar-refractivity contribution in [3.05, 3.63) is 35.4 Å². The Bertz CT molecular complexity index is 552. The number of rotatable bonds is 5. The van der Waals surface area contributed by atoms with Crippen LogP contribution in [0.2, 0.25) is 5.02 Å². The average Bonchev–Trinajstić information content (AvgIpc) is 2.80. The van der Waals surface area contributed by atoms with Crippen molar-refractivity contribution in [1.82, 2.24) is 14.8 Å². The summed E-state index contributed by atoms with van der Waals surface area (Å²) in [5, 5.41) is 4.89. The van der Waals surface area contributed by atoms with Crippen LogP contribution in [0.15, 0.2) is 24.5 Å². The van der Waals surface area contributed by atoms with Crippen LogP contribution in [0.3, 0.4) is 0 Å². The molecule has 0 fully saturated rings. The molecule has 0 saturated heterocycles. The summed E-state index contributed by atoms with van der Waals surface area (Å²) in [6.07, 6.45) is 2.61. The molecule has 2 N–H and O–H groups in total. The molecule has 1 heterocycles. The quantitative estimate of drug-likeness (QED) is 0.855. The second-order valence-electron chi connectivity index (χ2n) is 4.46. The number of hydrogen-bond acceptors (Lipinski definition) is 4. The van der Waals surface area contributed by atoms with Gasteiger partial charge in [0.05, 0.1) is 17.9 Å². The molecule has 0 bridgehead atoms. The average molecular weight is 280 g/mol. The van der Waals surface area contributed by atoms with Gasteiger partial charge in [-0.2, -0.15) is 5.10 Å². The van der Waals surface area contributed by atoms with Gasteiger partial charge in [0.15, 0.2) is 0 Å². The molecule has 0 aliphatic heterocycles. The number of aromatic nitrogens is 3. The minimum Gasteiger partial charge on any atom is -0.397 e. The number of nitrogens with two attached hydrogens (primary N) is 1. The lowest BCUT2D eigenvalue weighted by Gasteiger charge is -2.21. The Kier molecular flexibility index (Phi) is 4.27. The molecule has 2 rings (SSSR count). The first kappa shape index (κ1) is 13.7. The maximum absolute atomic E-state index is 6.01. The van der Waals surface area contributed by atoms with Gasteiger partial charge >= 0.3 is 0 Å². The molecule has 0 atom stereocenters. The van der Waals surface area contributed by atoms with Gasteiger partial charge in [-0.3, -0.25) is 0 Å². The van der Waals surface area contributed by atoms with E-state index in [0.29, 0.717) is 17.3 Å². The summed E-state index contributed by atoms with van der Waals surface area (Å²) in [5.74, 6) is 0.920. The zero-order chi connectivity index (χ0) is 13.8. The Morgan fingerprint density at radius 2 is 2.21 bits per heavy atom. The van der Waals surface area contributed by atoms with Crippen LogP contribution in [0.4, 0.5) is 11.4 Å². The molecule has 5 nitrogen and oxygen atoms in total. The van der Waals surface area contributed by atoms with Crippen LogP contribution in [0.5, 0.6) is 0 Å². The fraction of sp³-hybridized carbons (Fsp3) is 0.385. The monoisotopic (exact) mass is 279 g/mol. The van der Waals surface area contributed by atoms with Gasteiger partial charge in [0.1, 0.15) is 12.2 Å². The standard InChI is InChI=1S/C13H18ClN5/c1-3-6-19-13(16-9-17-19)8-18(2)12-7-10(14)4-5-11(12)15/h4-5,7,9H,3,6,8,15H2,1-2H3. The summed E-state index contributed by atoms with van der Waals surface area (Å²) in [6, 6.07) is 5.45. The fourth-order valence-corrected chi connectivity index (χ4v) is 2.12. The number of aryl methyl sites for hydroxylation is 1. The highest BCUT2D eigenvalue weighted by atomic mass is 35.5. The van der Waals surface area contributed by atoms with Crippen molar-refractivity contribution < 1.29 is 0 Å². The van der Waals surface area contributed by atoms with Gasteiger partial charge < -0.3 is 10.6 Å². The van der Waals surface area contributed by atoms with Crippen molar-refractivity contribution in [2.75, 3.05) is 17.7 Å². The molecule has 0 aliphatic carbocycles. The topological polar surface area (TPSA) is 60.0 Å². The van der Waals surface area contributed by atoms with Gasteiger partial charge in [0.25, 0.3) is 0 Å². The Morgan fingerprint density at radius 3 is 2.95 bits per heavy atom. The minimum atomic E-state index is 0.643. The summed E-state index contributed by atoms with van der Waals surface area (Å²) in [5.41, 5.74) is 7.58. The van der Waals surface area contributed by atoms with Crippen molar-refractivity contribution in [1.29, 1.82) is 0 Å². The summed E-state index contributed by atoms with van der Waals surface area (Å²) in [6.45, 7) is 3.63. The van der Waals surface area contributed by atoms with Crippen molar-refractivity contribution in [3.8, 4) is 0 Å². The molecule has 6 heteroatoms. The van der Waals surface area contributed by atoms with E-state index in [-0.39, 0.29) is 0 Å². The van der Waals surface area contributed by atoms with Crippen LogP contribution in [-0.2, 0) is 13.1 Å². The maximum Gasteiger partial charge on any atom is 0.146 e. The summed E-state index contributed by atoms with van der Waals surface area (Å²) < 4.78 is 1.91. The molecule has 0 spiro atoms. The predicted molar refractivity (Wildman–Crippen MR) is 78.3 cm³/mol. The van der Waals surface area contributed by atoms with E-state index in [9.17, 15) is 0 Å². The van der Waals surface area contributed by atoms with Crippen molar-refractivity contribution in [2.45, 2.75) is 26.4 Å². The normalized spacial score (nSPS) is 10.7. The Hall–Kier alpha value is -1.75. The number of nitrogens with zero attached hydrogens (tertiary/aromatic N) is 4. The van der Waals surface area contributed by atoms with Gasteiger partial charge in [0, 0.05) is 18.6 Å². The SMILES string of the molecule is CCCn1ncnc1CN(C)c1cc(Cl)ccc1N. The van der Waals surface area contributed by atoms with Gasteiger partial charge in [0.2, 0.25) is 0 Å². The summed E-state index contributed by atoms with van der Waals surface area (Å²) in [4.78, 5) is 6.31. The number of nitrogen functional groups attached to an aromatic ring is 1. The second-order valence-corrected chi connectivity index (χ2v) is 4.90. The van der Waals surface area contributed by atoms with Gasteiger partial charge in [-0.1, -0.05) is 18.5 Å². The van der Waals surface area contributed by atoms with Crippen LogP contribution in [0.25, 0.3) is 0 Å². The predicted octanol–water partition coefficient (Wildman–Crippen LogP) is 2.56. The highest BCUT2D eigenvalue weighted by Crippen LogP contribution is 2.26. The molecule has 2 aromatic rings. The molecule has 0 amide bonds. The summed E-state index contributed by atoms with van der Waals surface area (Å²) >= 11 is 6.01.